The number of carbonyl (C=O) groups is 4. The Morgan fingerprint density at radius 2 is 1.50 bits per heavy atom. The molecule has 1 heterocycles. The Morgan fingerprint density at radius 1 is 0.964 bits per heavy atom. The van der Waals surface area contributed by atoms with Crippen LogP contribution in [-0.2, 0) is 42.9 Å². The minimum Gasteiger partial charge on any atom is -0.456 e. The number of ether oxygens (including phenoxy) is 5. The number of hydrogen-bond acceptors (Lipinski definition) is 9. The van der Waals surface area contributed by atoms with Crippen molar-refractivity contribution >= 4 is 23.9 Å². The summed E-state index contributed by atoms with van der Waals surface area (Å²) in [5, 5.41) is 0. The summed E-state index contributed by atoms with van der Waals surface area (Å²) in [6.07, 6.45) is 0.383. The minimum atomic E-state index is -1.35. The summed E-state index contributed by atoms with van der Waals surface area (Å²) >= 11 is 0. The van der Waals surface area contributed by atoms with Gasteiger partial charge in [-0.15, -0.1) is 6.42 Å². The first kappa shape index (κ1) is 23.4. The smallest absolute Gasteiger partial charge is 0.364 e. The predicted octanol–water partition coefficient (Wildman–Crippen LogP) is -0.609. The molecule has 0 aromatic rings. The second-order valence-electron chi connectivity index (χ2n) is 6.94. The lowest BCUT2D eigenvalue weighted by Gasteiger charge is -2.39. The Balaban J connectivity index is 3.01. The van der Waals surface area contributed by atoms with Gasteiger partial charge in [-0.1, -0.05) is 0 Å². The zero-order valence-corrected chi connectivity index (χ0v) is 16.6. The highest BCUT2D eigenvalue weighted by Crippen LogP contribution is 2.25. The number of hydrogen-bond donors (Lipinski definition) is 0. The number of nitrogens with zero attached hydrogens (tertiary/aromatic N) is 1. The third-order valence-electron chi connectivity index (χ3n) is 3.63. The SMILES string of the molecule is C#CC[N+](C)(C)CC(=O)OC1OC[C@H](OC(C)=O)C(OC(C)=O)[C@H]1OC(C)=O. The van der Waals surface area contributed by atoms with Gasteiger partial charge in [-0.2, -0.15) is 0 Å². The fourth-order valence-corrected chi connectivity index (χ4v) is 2.63. The second-order valence-corrected chi connectivity index (χ2v) is 6.94. The van der Waals surface area contributed by atoms with Crippen LogP contribution in [0.25, 0.3) is 0 Å². The molecule has 0 aliphatic carbocycles. The highest BCUT2D eigenvalue weighted by Gasteiger charge is 2.49. The average Bonchev–Trinajstić information content (AvgIpc) is 2.50. The highest BCUT2D eigenvalue weighted by molar-refractivity contribution is 5.71. The fraction of sp³-hybridized carbons (Fsp3) is 0.667. The molecule has 0 spiro atoms. The van der Waals surface area contributed by atoms with E-state index < -0.39 is 48.5 Å². The van der Waals surface area contributed by atoms with Crippen molar-refractivity contribution in [2.45, 2.75) is 45.4 Å². The van der Waals surface area contributed by atoms with Crippen LogP contribution < -0.4 is 0 Å². The molecular formula is C18H26NO9+. The van der Waals surface area contributed by atoms with Gasteiger partial charge < -0.3 is 28.2 Å². The fourth-order valence-electron chi connectivity index (χ4n) is 2.63. The van der Waals surface area contributed by atoms with Gasteiger partial charge in [0.2, 0.25) is 12.4 Å². The molecular weight excluding hydrogens is 374 g/mol. The third-order valence-corrected chi connectivity index (χ3v) is 3.63. The third kappa shape index (κ3) is 7.54. The molecule has 1 aliphatic heterocycles. The zero-order chi connectivity index (χ0) is 21.5. The van der Waals surface area contributed by atoms with E-state index in [1.165, 1.54) is 6.92 Å². The number of quaternary nitrogens is 1. The molecule has 0 N–H and O–H groups in total. The number of esters is 4. The second kappa shape index (κ2) is 10.1. The lowest BCUT2D eigenvalue weighted by molar-refractivity contribution is -0.875. The van der Waals surface area contributed by atoms with Crippen LogP contribution >= 0.6 is 0 Å². The molecule has 0 saturated carbocycles. The summed E-state index contributed by atoms with van der Waals surface area (Å²) in [5.74, 6) is -0.257. The van der Waals surface area contributed by atoms with Crippen molar-refractivity contribution < 1.29 is 47.3 Å². The van der Waals surface area contributed by atoms with Gasteiger partial charge in [0.15, 0.2) is 18.8 Å². The Kier molecular flexibility index (Phi) is 8.40. The molecule has 4 atom stereocenters. The van der Waals surface area contributed by atoms with E-state index in [1.54, 1.807) is 14.1 Å². The van der Waals surface area contributed by atoms with Crippen molar-refractivity contribution in [3.05, 3.63) is 0 Å². The first-order chi connectivity index (χ1) is 12.9. The standard InChI is InChI=1S/C18H26NO9/c1-7-8-19(5,6)9-15(23)28-18-17(27-13(4)22)16(26-12(3)21)14(10-24-18)25-11(2)20/h1,14,16-18H,8-10H2,2-6H3/q+1/t14-,16?,17+,18?/m0/s1. The van der Waals surface area contributed by atoms with E-state index in [1.807, 2.05) is 0 Å². The summed E-state index contributed by atoms with van der Waals surface area (Å²) in [4.78, 5) is 46.6. The molecule has 0 aromatic carbocycles. The van der Waals surface area contributed by atoms with Crippen molar-refractivity contribution in [3.63, 3.8) is 0 Å². The molecule has 0 amide bonds. The summed E-state index contributed by atoms with van der Waals surface area (Å²) in [6, 6.07) is 0. The Hall–Kier alpha value is -2.64. The quantitative estimate of drug-likeness (QED) is 0.239. The van der Waals surface area contributed by atoms with Crippen LogP contribution in [0.5, 0.6) is 0 Å². The lowest BCUT2D eigenvalue weighted by atomic mass is 10.0. The van der Waals surface area contributed by atoms with E-state index in [0.717, 1.165) is 13.8 Å². The number of terminal acetylenes is 1. The van der Waals surface area contributed by atoms with Crippen molar-refractivity contribution in [3.8, 4) is 12.3 Å². The van der Waals surface area contributed by atoms with Gasteiger partial charge in [0.05, 0.1) is 20.7 Å². The maximum Gasteiger partial charge on any atom is 0.364 e. The average molecular weight is 400 g/mol. The van der Waals surface area contributed by atoms with Crippen LogP contribution in [0.3, 0.4) is 0 Å². The topological polar surface area (TPSA) is 114 Å². The van der Waals surface area contributed by atoms with Crippen molar-refractivity contribution in [1.29, 1.82) is 0 Å². The maximum absolute atomic E-state index is 12.3. The molecule has 1 rings (SSSR count). The molecule has 10 nitrogen and oxygen atoms in total. The van der Waals surface area contributed by atoms with Crippen LogP contribution in [0.1, 0.15) is 20.8 Å². The van der Waals surface area contributed by atoms with E-state index in [9.17, 15) is 19.2 Å². The van der Waals surface area contributed by atoms with Crippen molar-refractivity contribution in [2.75, 3.05) is 33.8 Å². The van der Waals surface area contributed by atoms with Gasteiger partial charge in [0.1, 0.15) is 6.54 Å². The van der Waals surface area contributed by atoms with Crippen LogP contribution in [0.15, 0.2) is 0 Å². The first-order valence-electron chi connectivity index (χ1n) is 8.53. The van der Waals surface area contributed by atoms with Crippen molar-refractivity contribution in [1.82, 2.24) is 0 Å². The molecule has 1 saturated heterocycles. The van der Waals surface area contributed by atoms with E-state index in [4.69, 9.17) is 30.1 Å². The predicted molar refractivity (Wildman–Crippen MR) is 93.2 cm³/mol. The number of rotatable bonds is 7. The summed E-state index contributed by atoms with van der Waals surface area (Å²) in [7, 11) is 3.48. The summed E-state index contributed by atoms with van der Waals surface area (Å²) in [5.41, 5.74) is 0. The van der Waals surface area contributed by atoms with Gasteiger partial charge in [-0.05, 0) is 5.92 Å². The van der Waals surface area contributed by atoms with E-state index >= 15 is 0 Å². The number of likely N-dealkylation sites (N-methyl/N-ethyl adjacent to an activating group) is 1. The zero-order valence-electron chi connectivity index (χ0n) is 16.6. The normalized spacial score (nSPS) is 24.4. The van der Waals surface area contributed by atoms with Crippen LogP contribution in [0, 0.1) is 12.3 Å². The van der Waals surface area contributed by atoms with E-state index in [-0.39, 0.29) is 17.6 Å². The minimum absolute atomic E-state index is 0.0670. The van der Waals surface area contributed by atoms with Crippen LogP contribution in [-0.4, -0.2) is 86.8 Å². The van der Waals surface area contributed by atoms with Gasteiger partial charge in [-0.25, -0.2) is 4.79 Å². The molecule has 0 radical (unpaired) electrons. The van der Waals surface area contributed by atoms with Gasteiger partial charge in [0.25, 0.3) is 0 Å². The van der Waals surface area contributed by atoms with Gasteiger partial charge in [-0.3, -0.25) is 14.4 Å². The maximum atomic E-state index is 12.3. The summed E-state index contributed by atoms with van der Waals surface area (Å²) < 4.78 is 26.3. The highest BCUT2D eigenvalue weighted by atomic mass is 16.7. The molecule has 1 aliphatic rings. The van der Waals surface area contributed by atoms with Crippen LogP contribution in [0.2, 0.25) is 0 Å². The molecule has 28 heavy (non-hydrogen) atoms. The molecule has 2 unspecified atom stereocenters. The molecule has 156 valence electrons. The Morgan fingerprint density at radius 3 is 2.00 bits per heavy atom. The van der Waals surface area contributed by atoms with Crippen LogP contribution in [0.4, 0.5) is 0 Å². The lowest BCUT2D eigenvalue weighted by Crippen LogP contribution is -2.59. The van der Waals surface area contributed by atoms with E-state index in [0.29, 0.717) is 6.54 Å². The largest absolute Gasteiger partial charge is 0.456 e. The molecule has 1 fully saturated rings. The van der Waals surface area contributed by atoms with Crippen molar-refractivity contribution in [2.24, 2.45) is 0 Å². The van der Waals surface area contributed by atoms with Gasteiger partial charge in [0, 0.05) is 20.8 Å². The number of carbonyl (C=O) groups excluding carboxylic acids is 4. The molecule has 0 bridgehead atoms. The summed E-state index contributed by atoms with van der Waals surface area (Å²) in [6.45, 7) is 3.44. The molecule has 0 aromatic heterocycles. The molecule has 10 heteroatoms. The Bertz CT molecular complexity index is 652. The first-order valence-corrected chi connectivity index (χ1v) is 8.53. The Labute approximate surface area is 163 Å². The van der Waals surface area contributed by atoms with E-state index in [2.05, 4.69) is 5.92 Å². The van der Waals surface area contributed by atoms with Gasteiger partial charge >= 0.3 is 23.9 Å². The monoisotopic (exact) mass is 400 g/mol.